The highest BCUT2D eigenvalue weighted by atomic mass is 35.5. The number of hydrogen-bond donors (Lipinski definition) is 2. The van der Waals surface area contributed by atoms with Gasteiger partial charge in [0.25, 0.3) is 15.9 Å². The van der Waals surface area contributed by atoms with Crippen molar-refractivity contribution in [3.8, 4) is 11.5 Å². The molecule has 2 N–H and O–H groups in total. The number of ether oxygens (including phenoxy) is 2. The normalized spacial score (nSPS) is 11.2. The number of carbonyl (C=O) groups is 1. The minimum Gasteiger partial charge on any atom is -0.497 e. The first-order valence-electron chi connectivity index (χ1n) is 9.65. The molecule has 0 aliphatic carbocycles. The maximum Gasteiger partial charge on any atom is 0.267 e. The van der Waals surface area contributed by atoms with E-state index in [1.54, 1.807) is 43.5 Å². The van der Waals surface area contributed by atoms with Crippen molar-refractivity contribution in [1.29, 1.82) is 0 Å². The van der Waals surface area contributed by atoms with Crippen LogP contribution in [0.1, 0.15) is 9.67 Å². The van der Waals surface area contributed by atoms with Crippen molar-refractivity contribution in [2.45, 2.75) is 4.90 Å². The Morgan fingerprint density at radius 1 is 0.879 bits per heavy atom. The molecule has 0 spiro atoms. The second kappa shape index (κ2) is 9.30. The number of fused-ring (bicyclic) bond motifs is 1. The molecule has 170 valence electrons. The molecule has 0 aliphatic rings. The van der Waals surface area contributed by atoms with Crippen molar-refractivity contribution in [2.24, 2.45) is 0 Å². The van der Waals surface area contributed by atoms with Crippen molar-refractivity contribution in [3.05, 3.63) is 76.6 Å². The fourth-order valence-electron chi connectivity index (χ4n) is 3.10. The maximum absolute atomic E-state index is 12.8. The van der Waals surface area contributed by atoms with Crippen LogP contribution in [0, 0.1) is 0 Å². The summed E-state index contributed by atoms with van der Waals surface area (Å²) >= 11 is 7.66. The molecule has 0 aliphatic heterocycles. The lowest BCUT2D eigenvalue weighted by Gasteiger charge is -2.10. The Morgan fingerprint density at radius 3 is 2.12 bits per heavy atom. The molecule has 4 rings (SSSR count). The first kappa shape index (κ1) is 22.9. The smallest absolute Gasteiger partial charge is 0.267 e. The summed E-state index contributed by atoms with van der Waals surface area (Å²) in [5.74, 6) is 0.912. The van der Waals surface area contributed by atoms with E-state index in [1.807, 2.05) is 6.07 Å². The number of thiophene rings is 1. The van der Waals surface area contributed by atoms with Gasteiger partial charge in [-0.05, 0) is 66.7 Å². The van der Waals surface area contributed by atoms with E-state index < -0.39 is 10.0 Å². The number of hydrogen-bond acceptors (Lipinski definition) is 6. The number of anilines is 2. The molecule has 0 unspecified atom stereocenters. The minimum absolute atomic E-state index is 0.0586. The van der Waals surface area contributed by atoms with Gasteiger partial charge in [0.15, 0.2) is 0 Å². The van der Waals surface area contributed by atoms with Crippen LogP contribution in [-0.4, -0.2) is 28.5 Å². The number of sulfonamides is 1. The molecule has 3 aromatic carbocycles. The van der Waals surface area contributed by atoms with E-state index in [2.05, 4.69) is 10.0 Å². The van der Waals surface area contributed by atoms with Crippen LogP contribution >= 0.6 is 22.9 Å². The SMILES string of the molecule is COc1ccc(NS(=O)(=O)c2ccc(NC(=O)c3sc4cc(OC)ccc4c3Cl)cc2)cc1. The average molecular weight is 503 g/mol. The predicted molar refractivity (Wildman–Crippen MR) is 132 cm³/mol. The van der Waals surface area contributed by atoms with Crippen LogP contribution in [0.2, 0.25) is 5.02 Å². The molecular weight excluding hydrogens is 484 g/mol. The monoisotopic (exact) mass is 502 g/mol. The summed E-state index contributed by atoms with van der Waals surface area (Å²) in [5.41, 5.74) is 0.846. The lowest BCUT2D eigenvalue weighted by molar-refractivity contribution is 0.103. The highest BCUT2D eigenvalue weighted by Gasteiger charge is 2.19. The standard InChI is InChI=1S/C23H19ClN2O5S2/c1-30-16-7-3-15(4-8-16)26-33(28,29)18-10-5-14(6-11-18)25-23(27)22-21(24)19-12-9-17(31-2)13-20(19)32-22/h3-13,26H,1-2H3,(H,25,27). The van der Waals surface area contributed by atoms with E-state index in [-0.39, 0.29) is 10.8 Å². The van der Waals surface area contributed by atoms with E-state index in [0.717, 1.165) is 10.1 Å². The van der Waals surface area contributed by atoms with E-state index >= 15 is 0 Å². The third kappa shape index (κ3) is 4.90. The molecule has 4 aromatic rings. The van der Waals surface area contributed by atoms with Crippen molar-refractivity contribution >= 4 is 60.3 Å². The van der Waals surface area contributed by atoms with Gasteiger partial charge < -0.3 is 14.8 Å². The largest absolute Gasteiger partial charge is 0.497 e. The van der Waals surface area contributed by atoms with Gasteiger partial charge in [-0.1, -0.05) is 11.6 Å². The van der Waals surface area contributed by atoms with Crippen molar-refractivity contribution in [2.75, 3.05) is 24.3 Å². The van der Waals surface area contributed by atoms with E-state index in [0.29, 0.717) is 32.8 Å². The summed E-state index contributed by atoms with van der Waals surface area (Å²) in [6.45, 7) is 0. The van der Waals surface area contributed by atoms with Crippen LogP contribution < -0.4 is 19.5 Å². The summed E-state index contributed by atoms with van der Waals surface area (Å²) < 4.78 is 38.9. The summed E-state index contributed by atoms with van der Waals surface area (Å²) in [5, 5.41) is 3.88. The first-order valence-corrected chi connectivity index (χ1v) is 12.3. The van der Waals surface area contributed by atoms with Gasteiger partial charge in [-0.25, -0.2) is 8.42 Å². The predicted octanol–water partition coefficient (Wildman–Crippen LogP) is 5.63. The van der Waals surface area contributed by atoms with Crippen LogP contribution in [0.15, 0.2) is 71.6 Å². The zero-order valence-corrected chi connectivity index (χ0v) is 20.0. The minimum atomic E-state index is -3.80. The Kier molecular flexibility index (Phi) is 6.46. The quantitative estimate of drug-likeness (QED) is 0.342. The zero-order chi connectivity index (χ0) is 23.6. The van der Waals surface area contributed by atoms with Crippen LogP contribution in [0.25, 0.3) is 10.1 Å². The molecule has 33 heavy (non-hydrogen) atoms. The Balaban J connectivity index is 1.49. The molecular formula is C23H19ClN2O5S2. The van der Waals surface area contributed by atoms with Gasteiger partial charge in [0.05, 0.1) is 24.1 Å². The van der Waals surface area contributed by atoms with Crippen molar-refractivity contribution in [1.82, 2.24) is 0 Å². The average Bonchev–Trinajstić information content (AvgIpc) is 3.15. The number of benzene rings is 3. The third-order valence-corrected chi connectivity index (χ3v) is 7.86. The Hall–Kier alpha value is -3.27. The van der Waals surface area contributed by atoms with Crippen molar-refractivity contribution < 1.29 is 22.7 Å². The fraction of sp³-hybridized carbons (Fsp3) is 0.0870. The molecule has 0 atom stereocenters. The molecule has 0 saturated carbocycles. The van der Waals surface area contributed by atoms with Crippen LogP contribution in [-0.2, 0) is 10.0 Å². The van der Waals surface area contributed by atoms with E-state index in [4.69, 9.17) is 21.1 Å². The van der Waals surface area contributed by atoms with Gasteiger partial charge >= 0.3 is 0 Å². The molecule has 1 amide bonds. The van der Waals surface area contributed by atoms with Gasteiger partial charge in [0.1, 0.15) is 16.4 Å². The maximum atomic E-state index is 12.8. The van der Waals surface area contributed by atoms with E-state index in [1.165, 1.54) is 42.7 Å². The lowest BCUT2D eigenvalue weighted by Crippen LogP contribution is -2.14. The summed E-state index contributed by atoms with van der Waals surface area (Å²) in [7, 11) is -0.692. The van der Waals surface area contributed by atoms with Gasteiger partial charge in [-0.15, -0.1) is 11.3 Å². The number of rotatable bonds is 7. The zero-order valence-electron chi connectivity index (χ0n) is 17.6. The van der Waals surface area contributed by atoms with Crippen LogP contribution in [0.3, 0.4) is 0 Å². The molecule has 0 saturated heterocycles. The molecule has 0 bridgehead atoms. The fourth-order valence-corrected chi connectivity index (χ4v) is 5.60. The molecule has 1 aromatic heterocycles. The molecule has 10 heteroatoms. The number of halogens is 1. The van der Waals surface area contributed by atoms with Crippen LogP contribution in [0.5, 0.6) is 11.5 Å². The molecule has 7 nitrogen and oxygen atoms in total. The van der Waals surface area contributed by atoms with E-state index in [9.17, 15) is 13.2 Å². The van der Waals surface area contributed by atoms with Crippen LogP contribution in [0.4, 0.5) is 11.4 Å². The topological polar surface area (TPSA) is 93.7 Å². The summed E-state index contributed by atoms with van der Waals surface area (Å²) in [4.78, 5) is 13.2. The van der Waals surface area contributed by atoms with Crippen molar-refractivity contribution in [3.63, 3.8) is 0 Å². The highest BCUT2D eigenvalue weighted by molar-refractivity contribution is 7.92. The lowest BCUT2D eigenvalue weighted by atomic mass is 10.2. The van der Waals surface area contributed by atoms with Gasteiger partial charge in [0, 0.05) is 21.5 Å². The van der Waals surface area contributed by atoms with Gasteiger partial charge in [-0.3, -0.25) is 9.52 Å². The summed E-state index contributed by atoms with van der Waals surface area (Å²) in [6.07, 6.45) is 0. The third-order valence-electron chi connectivity index (χ3n) is 4.81. The second-order valence-electron chi connectivity index (χ2n) is 6.92. The first-order chi connectivity index (χ1) is 15.8. The molecule has 0 radical (unpaired) electrons. The number of amides is 1. The summed E-state index contributed by atoms with van der Waals surface area (Å²) in [6, 6.07) is 17.8. The number of carbonyl (C=O) groups excluding carboxylic acids is 1. The number of nitrogens with one attached hydrogen (secondary N) is 2. The second-order valence-corrected chi connectivity index (χ2v) is 10.0. The Morgan fingerprint density at radius 2 is 1.48 bits per heavy atom. The highest BCUT2D eigenvalue weighted by Crippen LogP contribution is 2.37. The molecule has 0 fully saturated rings. The Bertz CT molecular complexity index is 1420. The number of methoxy groups -OCH3 is 2. The van der Waals surface area contributed by atoms with Gasteiger partial charge in [0.2, 0.25) is 0 Å². The molecule has 1 heterocycles. The van der Waals surface area contributed by atoms with Gasteiger partial charge in [-0.2, -0.15) is 0 Å². The Labute approximate surface area is 200 Å².